The summed E-state index contributed by atoms with van der Waals surface area (Å²) in [6.45, 7) is 1.94. The summed E-state index contributed by atoms with van der Waals surface area (Å²) in [5.41, 5.74) is 2.83. The molecule has 27 heavy (non-hydrogen) atoms. The van der Waals surface area contributed by atoms with Crippen molar-refractivity contribution in [1.29, 1.82) is 5.41 Å². The van der Waals surface area contributed by atoms with Crippen LogP contribution in [0.4, 0.5) is 0 Å². The smallest absolute Gasteiger partial charge is 0.172 e. The van der Waals surface area contributed by atoms with Gasteiger partial charge in [-0.25, -0.2) is 0 Å². The fourth-order valence-electron chi connectivity index (χ4n) is 3.18. The van der Waals surface area contributed by atoms with Crippen LogP contribution in [0.25, 0.3) is 0 Å². The summed E-state index contributed by atoms with van der Waals surface area (Å²) in [5, 5.41) is 12.4. The van der Waals surface area contributed by atoms with Gasteiger partial charge in [-0.15, -0.1) is 11.3 Å². The number of likely N-dealkylation sites (tertiary alicyclic amines) is 1. The highest BCUT2D eigenvalue weighted by Crippen LogP contribution is 2.25. The van der Waals surface area contributed by atoms with Crippen LogP contribution >= 0.6 is 22.9 Å². The van der Waals surface area contributed by atoms with E-state index >= 15 is 0 Å². The van der Waals surface area contributed by atoms with Crippen LogP contribution < -0.4 is 0 Å². The van der Waals surface area contributed by atoms with Gasteiger partial charge in [0.05, 0.1) is 14.9 Å². The van der Waals surface area contributed by atoms with Crippen molar-refractivity contribution in [2.75, 3.05) is 13.1 Å². The molecule has 1 unspecified atom stereocenters. The number of oxime groups is 1. The monoisotopic (exact) mass is 401 g/mol. The lowest BCUT2D eigenvalue weighted by molar-refractivity contribution is 0.0720. The van der Waals surface area contributed by atoms with E-state index in [-0.39, 0.29) is 11.9 Å². The molecule has 3 heterocycles. The molecule has 0 aliphatic carbocycles. The first kappa shape index (κ1) is 18.2. The molecule has 2 aromatic rings. The number of Topliss-reactive ketones (excluding diaryl/α,β-unsaturated/α-hetero) is 1. The van der Waals surface area contributed by atoms with Crippen LogP contribution in [0.15, 0.2) is 41.6 Å². The van der Waals surface area contributed by atoms with Crippen LogP contribution in [0.1, 0.15) is 46.5 Å². The first-order valence-electron chi connectivity index (χ1n) is 9.05. The van der Waals surface area contributed by atoms with Gasteiger partial charge in [-0.2, -0.15) is 0 Å². The Labute approximate surface area is 167 Å². The third-order valence-corrected chi connectivity index (χ3v) is 6.21. The van der Waals surface area contributed by atoms with E-state index in [0.29, 0.717) is 34.3 Å². The summed E-state index contributed by atoms with van der Waals surface area (Å²) in [6, 6.07) is 11.4. The van der Waals surface area contributed by atoms with Gasteiger partial charge in [0.2, 0.25) is 0 Å². The predicted octanol–water partition coefficient (Wildman–Crippen LogP) is 4.59. The average Bonchev–Trinajstić information content (AvgIpc) is 3.27. The molecular formula is C20H20ClN3O2S. The van der Waals surface area contributed by atoms with E-state index in [4.69, 9.17) is 21.8 Å². The van der Waals surface area contributed by atoms with Crippen LogP contribution in [-0.4, -0.2) is 41.4 Å². The number of hydrogen-bond acceptors (Lipinski definition) is 5. The van der Waals surface area contributed by atoms with Crippen molar-refractivity contribution in [3.63, 3.8) is 0 Å². The van der Waals surface area contributed by atoms with Crippen molar-refractivity contribution < 1.29 is 9.63 Å². The lowest BCUT2D eigenvalue weighted by atomic mass is 10.00. The molecule has 0 bridgehead atoms. The highest BCUT2D eigenvalue weighted by Gasteiger charge is 2.24. The maximum absolute atomic E-state index is 12.2. The number of ketones is 1. The number of thiophene rings is 1. The van der Waals surface area contributed by atoms with E-state index in [9.17, 15) is 4.79 Å². The molecule has 5 nitrogen and oxygen atoms in total. The third kappa shape index (κ3) is 4.06. The van der Waals surface area contributed by atoms with Crippen LogP contribution in [0.2, 0.25) is 4.34 Å². The molecule has 1 atom stereocenters. The molecule has 7 heteroatoms. The van der Waals surface area contributed by atoms with Gasteiger partial charge in [0.1, 0.15) is 11.9 Å². The average molecular weight is 402 g/mol. The lowest BCUT2D eigenvalue weighted by Gasteiger charge is -2.33. The Hall–Kier alpha value is -2.18. The first-order valence-corrected chi connectivity index (χ1v) is 10.2. The van der Waals surface area contributed by atoms with Crippen LogP contribution in [0.5, 0.6) is 0 Å². The van der Waals surface area contributed by atoms with Gasteiger partial charge in [-0.1, -0.05) is 41.0 Å². The van der Waals surface area contributed by atoms with Crippen LogP contribution in [0, 0.1) is 5.41 Å². The van der Waals surface area contributed by atoms with E-state index in [2.05, 4.69) is 10.1 Å². The van der Waals surface area contributed by atoms with Gasteiger partial charge in [0, 0.05) is 31.5 Å². The van der Waals surface area contributed by atoms with E-state index < -0.39 is 0 Å². The molecule has 0 spiro atoms. The van der Waals surface area contributed by atoms with Gasteiger partial charge < -0.3 is 9.74 Å². The number of halogens is 1. The Balaban J connectivity index is 1.30. The summed E-state index contributed by atoms with van der Waals surface area (Å²) in [7, 11) is 0. The fourth-order valence-corrected chi connectivity index (χ4v) is 4.19. The molecule has 1 fully saturated rings. The minimum absolute atomic E-state index is 0.0709. The second-order valence-corrected chi connectivity index (χ2v) is 8.52. The van der Waals surface area contributed by atoms with Crippen molar-refractivity contribution >= 4 is 40.3 Å². The van der Waals surface area contributed by atoms with Crippen molar-refractivity contribution in [3.8, 4) is 0 Å². The summed E-state index contributed by atoms with van der Waals surface area (Å²) in [6.07, 6.45) is 2.85. The molecule has 2 aliphatic rings. The minimum Gasteiger partial charge on any atom is -0.392 e. The SMILES string of the molecule is N=C(c1ccc(C2=NOC(CCC(=O)c3ccc(Cl)s3)C2)cc1)N1CCC1. The van der Waals surface area contributed by atoms with Gasteiger partial charge >= 0.3 is 0 Å². The largest absolute Gasteiger partial charge is 0.392 e. The van der Waals surface area contributed by atoms with Gasteiger partial charge in [-0.3, -0.25) is 10.2 Å². The molecule has 140 valence electrons. The number of amidine groups is 1. The number of benzene rings is 1. The van der Waals surface area contributed by atoms with E-state index in [1.807, 2.05) is 24.3 Å². The minimum atomic E-state index is -0.0709. The second kappa shape index (κ2) is 7.82. The zero-order valence-corrected chi connectivity index (χ0v) is 16.4. The zero-order valence-electron chi connectivity index (χ0n) is 14.8. The molecule has 1 aromatic heterocycles. The predicted molar refractivity (Wildman–Crippen MR) is 108 cm³/mol. The second-order valence-electron chi connectivity index (χ2n) is 6.80. The highest BCUT2D eigenvalue weighted by atomic mass is 35.5. The number of hydrogen-bond donors (Lipinski definition) is 1. The number of nitrogens with one attached hydrogen (secondary N) is 1. The fraction of sp³-hybridized carbons (Fsp3) is 0.350. The highest BCUT2D eigenvalue weighted by molar-refractivity contribution is 7.18. The lowest BCUT2D eigenvalue weighted by Crippen LogP contribution is -2.42. The van der Waals surface area contributed by atoms with Crippen molar-refractivity contribution in [3.05, 3.63) is 56.7 Å². The number of carbonyl (C=O) groups is 1. The van der Waals surface area contributed by atoms with E-state index in [1.54, 1.807) is 12.1 Å². The quantitative estimate of drug-likeness (QED) is 0.437. The molecule has 2 aliphatic heterocycles. The molecular weight excluding hydrogens is 382 g/mol. The number of nitrogens with zero attached hydrogens (tertiary/aromatic N) is 2. The molecule has 1 aromatic carbocycles. The first-order chi connectivity index (χ1) is 13.1. The standard InChI is InChI=1S/C20H20ClN3O2S/c21-19-9-8-18(27-19)17(25)7-6-15-12-16(23-26-15)13-2-4-14(5-3-13)20(22)24-10-1-11-24/h2-5,8-9,15,22H,1,6-7,10-12H2. The maximum atomic E-state index is 12.2. The van der Waals surface area contributed by atoms with Gasteiger partial charge in [0.15, 0.2) is 5.78 Å². The molecule has 4 rings (SSSR count). The van der Waals surface area contributed by atoms with Crippen molar-refractivity contribution in [1.82, 2.24) is 4.90 Å². The zero-order chi connectivity index (χ0) is 18.8. The van der Waals surface area contributed by atoms with Gasteiger partial charge in [-0.05, 0) is 30.5 Å². The summed E-state index contributed by atoms with van der Waals surface area (Å²) in [4.78, 5) is 20.5. The molecule has 0 saturated carbocycles. The number of rotatable bonds is 6. The molecule has 0 radical (unpaired) electrons. The summed E-state index contributed by atoms with van der Waals surface area (Å²) < 4.78 is 0.631. The van der Waals surface area contributed by atoms with Crippen LogP contribution in [-0.2, 0) is 4.84 Å². The van der Waals surface area contributed by atoms with Crippen molar-refractivity contribution in [2.24, 2.45) is 5.16 Å². The van der Waals surface area contributed by atoms with Crippen LogP contribution in [0.3, 0.4) is 0 Å². The Morgan fingerprint density at radius 3 is 2.67 bits per heavy atom. The number of carbonyl (C=O) groups excluding carboxylic acids is 1. The van der Waals surface area contributed by atoms with Crippen molar-refractivity contribution in [2.45, 2.75) is 31.8 Å². The Kier molecular flexibility index (Phi) is 5.27. The van der Waals surface area contributed by atoms with E-state index in [1.165, 1.54) is 11.3 Å². The molecule has 1 saturated heterocycles. The maximum Gasteiger partial charge on any atom is 0.172 e. The van der Waals surface area contributed by atoms with Gasteiger partial charge in [0.25, 0.3) is 0 Å². The Morgan fingerprint density at radius 1 is 1.26 bits per heavy atom. The third-order valence-electron chi connectivity index (χ3n) is 4.94. The van der Waals surface area contributed by atoms with E-state index in [0.717, 1.165) is 36.3 Å². The summed E-state index contributed by atoms with van der Waals surface area (Å²) >= 11 is 7.20. The Morgan fingerprint density at radius 2 is 2.04 bits per heavy atom. The molecule has 0 amide bonds. The molecule has 1 N–H and O–H groups in total. The normalized spacial score (nSPS) is 18.6. The summed E-state index contributed by atoms with van der Waals surface area (Å²) in [5.74, 6) is 0.681. The topological polar surface area (TPSA) is 65.8 Å². The Bertz CT molecular complexity index is 887.